The van der Waals surface area contributed by atoms with E-state index in [2.05, 4.69) is 42.7 Å². The summed E-state index contributed by atoms with van der Waals surface area (Å²) in [5.74, 6) is 0. The molecule has 0 fully saturated rings. The molecular weight excluding hydrogens is 218 g/mol. The van der Waals surface area contributed by atoms with Gasteiger partial charge >= 0.3 is 0 Å². The minimum absolute atomic E-state index is 1.15. The predicted molar refractivity (Wildman–Crippen MR) is 75.8 cm³/mol. The molecule has 2 aromatic rings. The van der Waals surface area contributed by atoms with E-state index in [1.807, 2.05) is 0 Å². The molecule has 2 heterocycles. The molecule has 0 saturated heterocycles. The van der Waals surface area contributed by atoms with Crippen LogP contribution in [0.5, 0.6) is 0 Å². The first kappa shape index (κ1) is 11.7. The highest BCUT2D eigenvalue weighted by atomic mass is 15.0. The molecule has 94 valence electrons. The summed E-state index contributed by atoms with van der Waals surface area (Å²) in [5.41, 5.74) is 6.17. The Hall–Kier alpha value is -1.37. The summed E-state index contributed by atoms with van der Waals surface area (Å²) < 4.78 is 2.61. The summed E-state index contributed by atoms with van der Waals surface area (Å²) in [6.07, 6.45) is 6.14. The van der Waals surface area contributed by atoms with Crippen molar-refractivity contribution in [2.45, 2.75) is 52.5 Å². The second-order valence-corrected chi connectivity index (χ2v) is 5.33. The van der Waals surface area contributed by atoms with E-state index in [0.29, 0.717) is 0 Å². The van der Waals surface area contributed by atoms with Gasteiger partial charge in [-0.2, -0.15) is 4.57 Å². The number of hydrogen-bond donors (Lipinski definition) is 0. The summed E-state index contributed by atoms with van der Waals surface area (Å²) in [7, 11) is 0. The zero-order valence-corrected chi connectivity index (χ0v) is 11.5. The first-order chi connectivity index (χ1) is 8.85. The van der Waals surface area contributed by atoms with Gasteiger partial charge in [0.15, 0.2) is 5.69 Å². The molecule has 0 saturated carbocycles. The zero-order chi connectivity index (χ0) is 12.5. The van der Waals surface area contributed by atoms with E-state index in [9.17, 15) is 0 Å². The van der Waals surface area contributed by atoms with Gasteiger partial charge in [-0.05, 0) is 31.4 Å². The minimum Gasteiger partial charge on any atom is -0.195 e. The quantitative estimate of drug-likeness (QED) is 0.722. The molecule has 3 rings (SSSR count). The number of rotatable bonds is 3. The van der Waals surface area contributed by atoms with Crippen molar-refractivity contribution in [3.63, 3.8) is 0 Å². The van der Waals surface area contributed by atoms with Gasteiger partial charge < -0.3 is 0 Å². The van der Waals surface area contributed by atoms with Crippen LogP contribution in [0.25, 0.3) is 10.9 Å². The highest BCUT2D eigenvalue weighted by Gasteiger charge is 2.24. The van der Waals surface area contributed by atoms with Gasteiger partial charge in [-0.1, -0.05) is 26.0 Å². The lowest BCUT2D eigenvalue weighted by Crippen LogP contribution is -2.43. The van der Waals surface area contributed by atoms with Crippen molar-refractivity contribution in [3.05, 3.63) is 41.1 Å². The van der Waals surface area contributed by atoms with Crippen molar-refractivity contribution in [3.8, 4) is 0 Å². The lowest BCUT2D eigenvalue weighted by atomic mass is 9.96. The van der Waals surface area contributed by atoms with Crippen LogP contribution in [-0.2, 0) is 25.8 Å². The van der Waals surface area contributed by atoms with Crippen LogP contribution >= 0.6 is 0 Å². The number of pyridine rings is 1. The molecule has 0 aliphatic carbocycles. The maximum Gasteiger partial charge on any atom is 0.215 e. The van der Waals surface area contributed by atoms with Crippen LogP contribution in [0.1, 0.15) is 43.5 Å². The Kier molecular flexibility index (Phi) is 3.07. The third-order valence-corrected chi connectivity index (χ3v) is 4.14. The number of aryl methyl sites for hydroxylation is 3. The van der Waals surface area contributed by atoms with Gasteiger partial charge in [0.25, 0.3) is 0 Å². The van der Waals surface area contributed by atoms with E-state index in [1.54, 1.807) is 16.8 Å². The molecule has 18 heavy (non-hydrogen) atoms. The van der Waals surface area contributed by atoms with Gasteiger partial charge in [-0.3, -0.25) is 0 Å². The maximum atomic E-state index is 2.61. The van der Waals surface area contributed by atoms with Crippen LogP contribution in [0, 0.1) is 0 Å². The molecule has 1 aromatic heterocycles. The predicted octanol–water partition coefficient (Wildman–Crippen LogP) is 3.59. The smallest absolute Gasteiger partial charge is 0.195 e. The first-order valence-corrected chi connectivity index (χ1v) is 7.31. The Morgan fingerprint density at radius 3 is 2.89 bits per heavy atom. The molecular formula is C17H22N+. The van der Waals surface area contributed by atoms with E-state index in [1.165, 1.54) is 43.1 Å². The standard InChI is InChI=1S/C17H22N/c1-3-7-16-13(4-2)12-15-9-5-8-14-10-6-11-18(16)17(14)15/h5,8-9,12H,3-4,6-7,10-11H2,1-2H3/q+1. The summed E-state index contributed by atoms with van der Waals surface area (Å²) >= 11 is 0. The summed E-state index contributed by atoms with van der Waals surface area (Å²) in [6.45, 7) is 5.77. The zero-order valence-electron chi connectivity index (χ0n) is 11.5. The molecule has 0 radical (unpaired) electrons. The topological polar surface area (TPSA) is 3.88 Å². The number of para-hydroxylation sites is 1. The molecule has 0 bridgehead atoms. The Morgan fingerprint density at radius 1 is 1.22 bits per heavy atom. The van der Waals surface area contributed by atoms with Crippen LogP contribution in [0.15, 0.2) is 24.3 Å². The number of hydrogen-bond acceptors (Lipinski definition) is 0. The Labute approximate surface area is 109 Å². The average Bonchev–Trinajstić information content (AvgIpc) is 2.42. The summed E-state index contributed by atoms with van der Waals surface area (Å²) in [4.78, 5) is 0. The fraction of sp³-hybridized carbons (Fsp3) is 0.471. The van der Waals surface area contributed by atoms with Crippen molar-refractivity contribution in [1.29, 1.82) is 0 Å². The highest BCUT2D eigenvalue weighted by molar-refractivity contribution is 5.80. The highest BCUT2D eigenvalue weighted by Crippen LogP contribution is 2.24. The second-order valence-electron chi connectivity index (χ2n) is 5.33. The SMILES string of the molecule is CCCc1c(CC)cc2cccc3c2[n+]1CCC3. The van der Waals surface area contributed by atoms with Gasteiger partial charge in [0.2, 0.25) is 5.52 Å². The van der Waals surface area contributed by atoms with Crippen molar-refractivity contribution in [2.24, 2.45) is 0 Å². The Bertz CT molecular complexity index is 584. The van der Waals surface area contributed by atoms with E-state index in [0.717, 1.165) is 6.42 Å². The molecule has 1 aliphatic rings. The maximum absolute atomic E-state index is 2.61. The minimum atomic E-state index is 1.15. The van der Waals surface area contributed by atoms with Crippen molar-refractivity contribution >= 4 is 10.9 Å². The van der Waals surface area contributed by atoms with E-state index in [-0.39, 0.29) is 0 Å². The monoisotopic (exact) mass is 240 g/mol. The van der Waals surface area contributed by atoms with Gasteiger partial charge in [0.1, 0.15) is 6.54 Å². The van der Waals surface area contributed by atoms with Crippen molar-refractivity contribution in [1.82, 2.24) is 0 Å². The average molecular weight is 240 g/mol. The molecule has 0 unspecified atom stereocenters. The number of nitrogens with zero attached hydrogens (tertiary/aromatic N) is 1. The summed E-state index contributed by atoms with van der Waals surface area (Å²) in [6, 6.07) is 9.22. The number of benzene rings is 1. The van der Waals surface area contributed by atoms with E-state index in [4.69, 9.17) is 0 Å². The normalized spacial score (nSPS) is 14.1. The van der Waals surface area contributed by atoms with Gasteiger partial charge in [-0.25, -0.2) is 0 Å². The van der Waals surface area contributed by atoms with E-state index < -0.39 is 0 Å². The molecule has 0 amide bonds. The third-order valence-electron chi connectivity index (χ3n) is 4.14. The van der Waals surface area contributed by atoms with Crippen LogP contribution in [-0.4, -0.2) is 0 Å². The van der Waals surface area contributed by atoms with Gasteiger partial charge in [-0.15, -0.1) is 0 Å². The first-order valence-electron chi connectivity index (χ1n) is 7.31. The fourth-order valence-corrected chi connectivity index (χ4v) is 3.35. The van der Waals surface area contributed by atoms with Crippen molar-refractivity contribution in [2.75, 3.05) is 0 Å². The van der Waals surface area contributed by atoms with Crippen LogP contribution in [0.4, 0.5) is 0 Å². The lowest BCUT2D eigenvalue weighted by molar-refractivity contribution is -0.682. The van der Waals surface area contributed by atoms with E-state index >= 15 is 0 Å². The van der Waals surface area contributed by atoms with Crippen molar-refractivity contribution < 1.29 is 4.57 Å². The number of aromatic nitrogens is 1. The Balaban J connectivity index is 2.35. The van der Waals surface area contributed by atoms with Crippen LogP contribution in [0.3, 0.4) is 0 Å². The lowest BCUT2D eigenvalue weighted by Gasteiger charge is -2.17. The largest absolute Gasteiger partial charge is 0.215 e. The van der Waals surface area contributed by atoms with Crippen LogP contribution in [0.2, 0.25) is 0 Å². The molecule has 1 aromatic carbocycles. The van der Waals surface area contributed by atoms with Gasteiger partial charge in [0, 0.05) is 29.4 Å². The van der Waals surface area contributed by atoms with Crippen LogP contribution < -0.4 is 4.57 Å². The Morgan fingerprint density at radius 2 is 2.11 bits per heavy atom. The molecule has 0 spiro atoms. The third kappa shape index (κ3) is 1.73. The molecule has 0 N–H and O–H groups in total. The van der Waals surface area contributed by atoms with Gasteiger partial charge in [0.05, 0.1) is 0 Å². The molecule has 0 atom stereocenters. The molecule has 1 aliphatic heterocycles. The molecule has 1 nitrogen and oxygen atoms in total. The molecule has 1 heteroatoms. The fourth-order valence-electron chi connectivity index (χ4n) is 3.35. The summed E-state index contributed by atoms with van der Waals surface area (Å²) in [5, 5.41) is 1.43. The second kappa shape index (κ2) is 4.72.